The lowest BCUT2D eigenvalue weighted by molar-refractivity contribution is 0.633. The molecule has 0 aliphatic rings. The number of thiazole rings is 1. The van der Waals surface area contributed by atoms with Crippen LogP contribution in [0.4, 0.5) is 5.82 Å². The quantitative estimate of drug-likeness (QED) is 0.786. The fourth-order valence-electron chi connectivity index (χ4n) is 2.60. The minimum absolute atomic E-state index is 0.138. The molecular weight excluding hydrogens is 270 g/mol. The molecule has 104 valence electrons. The van der Waals surface area contributed by atoms with E-state index in [1.807, 2.05) is 6.92 Å². The molecule has 1 unspecified atom stereocenters. The first-order valence-electron chi connectivity index (χ1n) is 6.50. The number of hydrogen-bond acceptors (Lipinski definition) is 5. The molecule has 0 fully saturated rings. The van der Waals surface area contributed by atoms with Crippen molar-refractivity contribution in [3.63, 3.8) is 0 Å². The summed E-state index contributed by atoms with van der Waals surface area (Å²) in [6.45, 7) is 8.31. The van der Waals surface area contributed by atoms with E-state index in [0.29, 0.717) is 5.82 Å². The lowest BCUT2D eigenvalue weighted by Crippen LogP contribution is -2.09. The van der Waals surface area contributed by atoms with E-state index < -0.39 is 0 Å². The largest absolute Gasteiger partial charge is 0.383 e. The van der Waals surface area contributed by atoms with E-state index in [2.05, 4.69) is 45.7 Å². The summed E-state index contributed by atoms with van der Waals surface area (Å²) in [6, 6.07) is 0.138. The first kappa shape index (κ1) is 13.1. The monoisotopic (exact) mass is 287 g/mol. The van der Waals surface area contributed by atoms with Crippen molar-refractivity contribution in [2.24, 2.45) is 0 Å². The highest BCUT2D eigenvalue weighted by atomic mass is 32.1. The smallest absolute Gasteiger partial charge is 0.146 e. The molecule has 1 atom stereocenters. The van der Waals surface area contributed by atoms with Gasteiger partial charge < -0.3 is 10.3 Å². The van der Waals surface area contributed by atoms with Gasteiger partial charge in [0.15, 0.2) is 0 Å². The van der Waals surface area contributed by atoms with Crippen molar-refractivity contribution in [1.29, 1.82) is 0 Å². The fraction of sp³-hybridized carbons (Fsp3) is 0.357. The minimum Gasteiger partial charge on any atom is -0.383 e. The number of fused-ring (bicyclic) bond motifs is 1. The van der Waals surface area contributed by atoms with Crippen molar-refractivity contribution >= 4 is 28.2 Å². The van der Waals surface area contributed by atoms with E-state index >= 15 is 0 Å². The zero-order valence-electron chi connectivity index (χ0n) is 12.0. The van der Waals surface area contributed by atoms with Crippen LogP contribution in [0.5, 0.6) is 0 Å². The maximum Gasteiger partial charge on any atom is 0.146 e. The normalized spacial score (nSPS) is 13.0. The first-order chi connectivity index (χ1) is 9.50. The molecule has 5 nitrogen and oxygen atoms in total. The number of aryl methyl sites for hydroxylation is 2. The SMILES string of the molecule is Cc1csc(C(C)n2c(C)c(C)c3c(N)ncnc32)n1. The van der Waals surface area contributed by atoms with E-state index in [1.54, 1.807) is 11.3 Å². The number of anilines is 1. The van der Waals surface area contributed by atoms with Gasteiger partial charge in [-0.1, -0.05) is 0 Å². The van der Waals surface area contributed by atoms with Crippen LogP contribution in [0, 0.1) is 20.8 Å². The summed E-state index contributed by atoms with van der Waals surface area (Å²) in [5, 5.41) is 4.10. The predicted octanol–water partition coefficient (Wildman–Crippen LogP) is 3.00. The van der Waals surface area contributed by atoms with Crippen LogP contribution in [0.1, 0.15) is 34.9 Å². The van der Waals surface area contributed by atoms with Crippen LogP contribution in [0.3, 0.4) is 0 Å². The zero-order valence-corrected chi connectivity index (χ0v) is 12.8. The summed E-state index contributed by atoms with van der Waals surface area (Å²) in [5.74, 6) is 0.539. The highest BCUT2D eigenvalue weighted by Gasteiger charge is 2.21. The molecular formula is C14H17N5S. The molecule has 0 amide bonds. The average Bonchev–Trinajstić information content (AvgIpc) is 2.94. The van der Waals surface area contributed by atoms with Gasteiger partial charge >= 0.3 is 0 Å². The molecule has 3 aromatic heterocycles. The van der Waals surface area contributed by atoms with Gasteiger partial charge in [0.2, 0.25) is 0 Å². The number of nitrogens with two attached hydrogens (primary N) is 1. The van der Waals surface area contributed by atoms with Gasteiger partial charge in [-0.15, -0.1) is 11.3 Å². The number of nitrogens with zero attached hydrogens (tertiary/aromatic N) is 4. The first-order valence-corrected chi connectivity index (χ1v) is 7.38. The second kappa shape index (κ2) is 4.56. The molecule has 2 N–H and O–H groups in total. The summed E-state index contributed by atoms with van der Waals surface area (Å²) in [7, 11) is 0. The lowest BCUT2D eigenvalue weighted by Gasteiger charge is -2.14. The molecule has 20 heavy (non-hydrogen) atoms. The van der Waals surface area contributed by atoms with Gasteiger partial charge in [-0.25, -0.2) is 15.0 Å². The molecule has 0 aliphatic heterocycles. The van der Waals surface area contributed by atoms with Crippen LogP contribution in [-0.2, 0) is 0 Å². The molecule has 0 saturated heterocycles. The summed E-state index contributed by atoms with van der Waals surface area (Å²) in [5.41, 5.74) is 10.2. The van der Waals surface area contributed by atoms with Gasteiger partial charge in [0, 0.05) is 16.8 Å². The molecule has 3 rings (SSSR count). The standard InChI is InChI=1S/C14H17N5S/c1-7-5-20-14(18-7)10(4)19-9(3)8(2)11-12(15)16-6-17-13(11)19/h5-6,10H,1-4H3,(H2,15,16,17). The highest BCUT2D eigenvalue weighted by molar-refractivity contribution is 7.09. The van der Waals surface area contributed by atoms with Gasteiger partial charge in [0.25, 0.3) is 0 Å². The maximum atomic E-state index is 6.00. The van der Waals surface area contributed by atoms with Crippen molar-refractivity contribution in [1.82, 2.24) is 19.5 Å². The summed E-state index contributed by atoms with van der Waals surface area (Å²) < 4.78 is 2.20. The van der Waals surface area contributed by atoms with Crippen molar-refractivity contribution in [2.75, 3.05) is 5.73 Å². The molecule has 0 saturated carbocycles. The van der Waals surface area contributed by atoms with Gasteiger partial charge in [-0.05, 0) is 33.3 Å². The Bertz CT molecular complexity index is 786. The Morgan fingerprint density at radius 3 is 2.65 bits per heavy atom. The van der Waals surface area contributed by atoms with Crippen LogP contribution in [-0.4, -0.2) is 19.5 Å². The molecule has 0 bridgehead atoms. The Labute approximate surface area is 121 Å². The second-order valence-corrected chi connectivity index (χ2v) is 5.93. The maximum absolute atomic E-state index is 6.00. The van der Waals surface area contributed by atoms with Crippen molar-refractivity contribution in [3.05, 3.63) is 33.7 Å². The van der Waals surface area contributed by atoms with Gasteiger partial charge in [-0.3, -0.25) is 0 Å². The van der Waals surface area contributed by atoms with Crippen LogP contribution < -0.4 is 5.73 Å². The van der Waals surface area contributed by atoms with Crippen LogP contribution in [0.2, 0.25) is 0 Å². The van der Waals surface area contributed by atoms with Crippen molar-refractivity contribution < 1.29 is 0 Å². The van der Waals surface area contributed by atoms with Crippen molar-refractivity contribution in [2.45, 2.75) is 33.7 Å². The Hall–Kier alpha value is -1.95. The minimum atomic E-state index is 0.138. The number of rotatable bonds is 2. The average molecular weight is 287 g/mol. The molecule has 0 aromatic carbocycles. The topological polar surface area (TPSA) is 69.6 Å². The van der Waals surface area contributed by atoms with E-state index in [-0.39, 0.29) is 6.04 Å². The van der Waals surface area contributed by atoms with E-state index in [9.17, 15) is 0 Å². The second-order valence-electron chi connectivity index (χ2n) is 5.04. The van der Waals surface area contributed by atoms with Crippen LogP contribution >= 0.6 is 11.3 Å². The third-order valence-electron chi connectivity index (χ3n) is 3.75. The predicted molar refractivity (Wildman–Crippen MR) is 82.1 cm³/mol. The lowest BCUT2D eigenvalue weighted by atomic mass is 10.2. The number of aromatic nitrogens is 4. The van der Waals surface area contributed by atoms with Crippen LogP contribution in [0.15, 0.2) is 11.7 Å². The molecule has 3 aromatic rings. The van der Waals surface area contributed by atoms with E-state index in [4.69, 9.17) is 5.73 Å². The summed E-state index contributed by atoms with van der Waals surface area (Å²) in [6.07, 6.45) is 1.52. The molecule has 0 aliphatic carbocycles. The van der Waals surface area contributed by atoms with Gasteiger partial charge in [0.1, 0.15) is 22.8 Å². The van der Waals surface area contributed by atoms with E-state index in [0.717, 1.165) is 33.0 Å². The Morgan fingerprint density at radius 2 is 2.00 bits per heavy atom. The number of nitrogen functional groups attached to an aromatic ring is 1. The summed E-state index contributed by atoms with van der Waals surface area (Å²) >= 11 is 1.68. The van der Waals surface area contributed by atoms with Crippen molar-refractivity contribution in [3.8, 4) is 0 Å². The van der Waals surface area contributed by atoms with Gasteiger partial charge in [0.05, 0.1) is 11.4 Å². The summed E-state index contributed by atoms with van der Waals surface area (Å²) in [4.78, 5) is 13.1. The van der Waals surface area contributed by atoms with Gasteiger partial charge in [-0.2, -0.15) is 0 Å². The molecule has 3 heterocycles. The number of hydrogen-bond donors (Lipinski definition) is 1. The Kier molecular flexibility index (Phi) is 2.97. The third kappa shape index (κ3) is 1.79. The highest BCUT2D eigenvalue weighted by Crippen LogP contribution is 2.32. The van der Waals surface area contributed by atoms with E-state index in [1.165, 1.54) is 6.33 Å². The van der Waals surface area contributed by atoms with Crippen LogP contribution in [0.25, 0.3) is 11.0 Å². The molecule has 6 heteroatoms. The fourth-order valence-corrected chi connectivity index (χ4v) is 3.44. The Morgan fingerprint density at radius 1 is 1.25 bits per heavy atom. The molecule has 0 radical (unpaired) electrons. The Balaban J connectivity index is 2.26. The molecule has 0 spiro atoms. The third-order valence-corrected chi connectivity index (χ3v) is 4.88. The zero-order chi connectivity index (χ0) is 14.4.